The fourth-order valence-corrected chi connectivity index (χ4v) is 4.25. The molecule has 2 aliphatic rings. The summed E-state index contributed by atoms with van der Waals surface area (Å²) in [5.74, 6) is 1.25. The summed E-state index contributed by atoms with van der Waals surface area (Å²) in [4.78, 5) is 0. The molecule has 3 rings (SSSR count). The van der Waals surface area contributed by atoms with E-state index in [1.165, 1.54) is 44.1 Å². The van der Waals surface area contributed by atoms with E-state index in [0.29, 0.717) is 18.6 Å². The minimum atomic E-state index is 0.0142. The fraction of sp³-hybridized carbons (Fsp3) is 0.727. The summed E-state index contributed by atoms with van der Waals surface area (Å²) in [7, 11) is 0. The van der Waals surface area contributed by atoms with Crippen LogP contribution in [0, 0.1) is 11.8 Å². The van der Waals surface area contributed by atoms with Gasteiger partial charge in [0.25, 0.3) is 0 Å². The van der Waals surface area contributed by atoms with Crippen molar-refractivity contribution in [1.82, 2.24) is 0 Å². The summed E-state index contributed by atoms with van der Waals surface area (Å²) >= 11 is 0. The minimum absolute atomic E-state index is 0.0142. The zero-order chi connectivity index (χ0) is 17.3. The molecule has 3 nitrogen and oxygen atoms in total. The summed E-state index contributed by atoms with van der Waals surface area (Å²) in [6.45, 7) is 4.64. The van der Waals surface area contributed by atoms with E-state index in [-0.39, 0.29) is 6.29 Å². The van der Waals surface area contributed by atoms with E-state index < -0.39 is 0 Å². The van der Waals surface area contributed by atoms with Crippen LogP contribution in [-0.2, 0) is 20.8 Å². The Labute approximate surface area is 153 Å². The standard InChI is InChI=1S/C22H34O3/c1-2-3-11-19-13-14-21(25-22-12-7-8-15-24-22)20(19)17-23-16-18-9-5-4-6-10-18/h4-6,9-10,19-22H,2-3,7-8,11-17H2,1H3. The largest absolute Gasteiger partial charge is 0.376 e. The van der Waals surface area contributed by atoms with Crippen molar-refractivity contribution in [3.05, 3.63) is 35.9 Å². The number of hydrogen-bond acceptors (Lipinski definition) is 3. The van der Waals surface area contributed by atoms with E-state index in [9.17, 15) is 0 Å². The Bertz CT molecular complexity index is 469. The van der Waals surface area contributed by atoms with Crippen LogP contribution >= 0.6 is 0 Å². The molecule has 4 unspecified atom stereocenters. The van der Waals surface area contributed by atoms with E-state index in [4.69, 9.17) is 14.2 Å². The Kier molecular flexibility index (Phi) is 7.78. The van der Waals surface area contributed by atoms with Crippen LogP contribution in [0.25, 0.3) is 0 Å². The Morgan fingerprint density at radius 2 is 1.96 bits per heavy atom. The molecule has 3 heteroatoms. The lowest BCUT2D eigenvalue weighted by molar-refractivity contribution is -0.199. The molecular formula is C22H34O3. The Hall–Kier alpha value is -0.900. The third kappa shape index (κ3) is 5.80. The summed E-state index contributed by atoms with van der Waals surface area (Å²) in [5, 5.41) is 0. The molecule has 0 amide bonds. The van der Waals surface area contributed by atoms with Crippen molar-refractivity contribution in [3.63, 3.8) is 0 Å². The monoisotopic (exact) mass is 346 g/mol. The van der Waals surface area contributed by atoms with Gasteiger partial charge in [-0.25, -0.2) is 0 Å². The van der Waals surface area contributed by atoms with Gasteiger partial charge in [-0.05, 0) is 43.6 Å². The van der Waals surface area contributed by atoms with Crippen molar-refractivity contribution in [1.29, 1.82) is 0 Å². The Balaban J connectivity index is 1.52. The molecule has 1 aliphatic carbocycles. The quantitative estimate of drug-likeness (QED) is 0.605. The lowest BCUT2D eigenvalue weighted by Gasteiger charge is -2.30. The van der Waals surface area contributed by atoms with Gasteiger partial charge in [-0.1, -0.05) is 56.5 Å². The predicted molar refractivity (Wildman–Crippen MR) is 100 cm³/mol. The van der Waals surface area contributed by atoms with E-state index in [0.717, 1.165) is 32.0 Å². The van der Waals surface area contributed by atoms with Crippen molar-refractivity contribution in [2.24, 2.45) is 11.8 Å². The van der Waals surface area contributed by atoms with Gasteiger partial charge in [-0.2, -0.15) is 0 Å². The predicted octanol–water partition coefficient (Wildman–Crippen LogP) is 5.33. The van der Waals surface area contributed by atoms with Crippen LogP contribution in [0.5, 0.6) is 0 Å². The lowest BCUT2D eigenvalue weighted by Crippen LogP contribution is -2.33. The van der Waals surface area contributed by atoms with Gasteiger partial charge in [0.1, 0.15) is 0 Å². The highest BCUT2D eigenvalue weighted by molar-refractivity contribution is 5.13. The van der Waals surface area contributed by atoms with E-state index in [1.807, 2.05) is 0 Å². The first-order valence-corrected chi connectivity index (χ1v) is 10.3. The van der Waals surface area contributed by atoms with Crippen LogP contribution in [0.2, 0.25) is 0 Å². The second kappa shape index (κ2) is 10.3. The van der Waals surface area contributed by atoms with Gasteiger partial charge >= 0.3 is 0 Å². The SMILES string of the molecule is CCCCC1CCC(OC2CCCCO2)C1COCc1ccccc1. The van der Waals surface area contributed by atoms with Crippen molar-refractivity contribution in [2.75, 3.05) is 13.2 Å². The third-order valence-electron chi connectivity index (χ3n) is 5.72. The first-order valence-electron chi connectivity index (χ1n) is 10.3. The first-order chi connectivity index (χ1) is 12.4. The van der Waals surface area contributed by atoms with Gasteiger partial charge in [0.2, 0.25) is 0 Å². The third-order valence-corrected chi connectivity index (χ3v) is 5.72. The van der Waals surface area contributed by atoms with E-state index in [2.05, 4.69) is 37.3 Å². The van der Waals surface area contributed by atoms with Crippen LogP contribution < -0.4 is 0 Å². The molecule has 0 N–H and O–H groups in total. The maximum Gasteiger partial charge on any atom is 0.157 e. The lowest BCUT2D eigenvalue weighted by atomic mass is 9.90. The summed E-state index contributed by atoms with van der Waals surface area (Å²) in [5.41, 5.74) is 1.25. The molecule has 0 aromatic heterocycles. The molecule has 140 valence electrons. The zero-order valence-electron chi connectivity index (χ0n) is 15.7. The molecule has 4 atom stereocenters. The summed E-state index contributed by atoms with van der Waals surface area (Å²) in [6, 6.07) is 10.5. The van der Waals surface area contributed by atoms with Crippen LogP contribution in [0.1, 0.15) is 63.9 Å². The molecule has 1 aromatic rings. The number of ether oxygens (including phenoxy) is 3. The van der Waals surface area contributed by atoms with Crippen molar-refractivity contribution in [3.8, 4) is 0 Å². The number of benzene rings is 1. The highest BCUT2D eigenvalue weighted by Crippen LogP contribution is 2.39. The molecule has 1 saturated heterocycles. The van der Waals surface area contributed by atoms with Gasteiger partial charge in [0, 0.05) is 12.5 Å². The van der Waals surface area contributed by atoms with Crippen molar-refractivity contribution >= 4 is 0 Å². The summed E-state index contributed by atoms with van der Waals surface area (Å²) < 4.78 is 18.3. The van der Waals surface area contributed by atoms with Crippen molar-refractivity contribution in [2.45, 2.75) is 77.3 Å². The van der Waals surface area contributed by atoms with Gasteiger partial charge in [0.05, 0.1) is 19.3 Å². The zero-order valence-corrected chi connectivity index (χ0v) is 15.7. The van der Waals surface area contributed by atoms with Crippen LogP contribution in [0.4, 0.5) is 0 Å². The van der Waals surface area contributed by atoms with Gasteiger partial charge in [-0.3, -0.25) is 0 Å². The first kappa shape index (κ1) is 18.9. The van der Waals surface area contributed by atoms with E-state index in [1.54, 1.807) is 0 Å². The average Bonchev–Trinajstić information content (AvgIpc) is 3.03. The minimum Gasteiger partial charge on any atom is -0.376 e. The van der Waals surface area contributed by atoms with Gasteiger partial charge in [-0.15, -0.1) is 0 Å². The number of hydrogen-bond donors (Lipinski definition) is 0. The molecule has 0 spiro atoms. The van der Waals surface area contributed by atoms with Gasteiger partial charge < -0.3 is 14.2 Å². The van der Waals surface area contributed by atoms with Crippen molar-refractivity contribution < 1.29 is 14.2 Å². The molecule has 1 heterocycles. The molecule has 1 aromatic carbocycles. The Morgan fingerprint density at radius 1 is 1.08 bits per heavy atom. The normalized spacial score (nSPS) is 29.8. The number of unbranched alkanes of at least 4 members (excludes halogenated alkanes) is 1. The number of rotatable bonds is 9. The molecule has 0 bridgehead atoms. The highest BCUT2D eigenvalue weighted by atomic mass is 16.7. The van der Waals surface area contributed by atoms with Crippen LogP contribution in [-0.4, -0.2) is 25.6 Å². The Morgan fingerprint density at radius 3 is 2.72 bits per heavy atom. The molecule has 1 aliphatic heterocycles. The molecule has 1 saturated carbocycles. The molecule has 0 radical (unpaired) electrons. The van der Waals surface area contributed by atoms with Crippen LogP contribution in [0.15, 0.2) is 30.3 Å². The topological polar surface area (TPSA) is 27.7 Å². The maximum atomic E-state index is 6.38. The smallest absolute Gasteiger partial charge is 0.157 e. The van der Waals surface area contributed by atoms with E-state index >= 15 is 0 Å². The van der Waals surface area contributed by atoms with Crippen LogP contribution in [0.3, 0.4) is 0 Å². The summed E-state index contributed by atoms with van der Waals surface area (Å²) in [6.07, 6.45) is 10.1. The average molecular weight is 347 g/mol. The second-order valence-electron chi connectivity index (χ2n) is 7.61. The maximum absolute atomic E-state index is 6.38. The molecule has 2 fully saturated rings. The van der Waals surface area contributed by atoms with Gasteiger partial charge in [0.15, 0.2) is 6.29 Å². The molecule has 25 heavy (non-hydrogen) atoms. The highest BCUT2D eigenvalue weighted by Gasteiger charge is 2.38. The molecular weight excluding hydrogens is 312 g/mol. The second-order valence-corrected chi connectivity index (χ2v) is 7.61. The fourth-order valence-electron chi connectivity index (χ4n) is 4.25.